The highest BCUT2D eigenvalue weighted by molar-refractivity contribution is 7.08. The van der Waals surface area contributed by atoms with Crippen molar-refractivity contribution in [1.29, 1.82) is 0 Å². The van der Waals surface area contributed by atoms with E-state index in [0.717, 1.165) is 11.3 Å². The lowest BCUT2D eigenvalue weighted by Gasteiger charge is -2.11. The normalized spacial score (nSPS) is 10.3. The van der Waals surface area contributed by atoms with Crippen LogP contribution in [0.5, 0.6) is 11.5 Å². The molecule has 25 heavy (non-hydrogen) atoms. The summed E-state index contributed by atoms with van der Waals surface area (Å²) in [5, 5.41) is 6.85. The summed E-state index contributed by atoms with van der Waals surface area (Å²) in [6.45, 7) is 0.271. The van der Waals surface area contributed by atoms with E-state index in [1.54, 1.807) is 49.0 Å². The number of methoxy groups -OCH3 is 2. The summed E-state index contributed by atoms with van der Waals surface area (Å²) in [5.41, 5.74) is 2.90. The zero-order valence-corrected chi connectivity index (χ0v) is 14.7. The van der Waals surface area contributed by atoms with Crippen molar-refractivity contribution >= 4 is 17.2 Å². The van der Waals surface area contributed by atoms with Gasteiger partial charge in [0.25, 0.3) is 5.91 Å². The number of carbonyl (C=O) groups excluding carboxylic acids is 1. The fourth-order valence-corrected chi connectivity index (χ4v) is 3.02. The van der Waals surface area contributed by atoms with Crippen LogP contribution in [0, 0.1) is 0 Å². The van der Waals surface area contributed by atoms with Crippen molar-refractivity contribution in [3.8, 4) is 22.8 Å². The van der Waals surface area contributed by atoms with Gasteiger partial charge in [0, 0.05) is 29.4 Å². The molecule has 3 aromatic rings. The average Bonchev–Trinajstić information content (AvgIpc) is 3.20. The van der Waals surface area contributed by atoms with Crippen LogP contribution < -0.4 is 14.8 Å². The van der Waals surface area contributed by atoms with Crippen molar-refractivity contribution in [2.75, 3.05) is 14.2 Å². The summed E-state index contributed by atoms with van der Waals surface area (Å²) in [6, 6.07) is 7.04. The molecule has 2 aromatic heterocycles. The molecule has 0 spiro atoms. The molecule has 0 aliphatic carbocycles. The fraction of sp³-hybridized carbons (Fsp3) is 0.167. The van der Waals surface area contributed by atoms with Crippen molar-refractivity contribution in [1.82, 2.24) is 15.3 Å². The van der Waals surface area contributed by atoms with Crippen LogP contribution >= 0.6 is 11.3 Å². The van der Waals surface area contributed by atoms with Gasteiger partial charge in [-0.05, 0) is 23.6 Å². The number of hydrogen-bond acceptors (Lipinski definition) is 6. The molecule has 1 N–H and O–H groups in total. The van der Waals surface area contributed by atoms with Crippen LogP contribution in [0.3, 0.4) is 0 Å². The van der Waals surface area contributed by atoms with Crippen molar-refractivity contribution in [3.05, 3.63) is 58.7 Å². The number of nitrogens with zero attached hydrogens (tertiary/aromatic N) is 2. The first-order valence-electron chi connectivity index (χ1n) is 7.55. The number of benzene rings is 1. The third-order valence-corrected chi connectivity index (χ3v) is 4.32. The van der Waals surface area contributed by atoms with E-state index in [-0.39, 0.29) is 12.5 Å². The fourth-order valence-electron chi connectivity index (χ4n) is 2.38. The molecule has 0 radical (unpaired) electrons. The summed E-state index contributed by atoms with van der Waals surface area (Å²) < 4.78 is 10.4. The maximum atomic E-state index is 12.5. The summed E-state index contributed by atoms with van der Waals surface area (Å²) in [7, 11) is 3.08. The van der Waals surface area contributed by atoms with E-state index in [9.17, 15) is 4.79 Å². The minimum absolute atomic E-state index is 0.249. The molecule has 1 aromatic carbocycles. The van der Waals surface area contributed by atoms with Crippen molar-refractivity contribution in [3.63, 3.8) is 0 Å². The van der Waals surface area contributed by atoms with Crippen molar-refractivity contribution < 1.29 is 14.3 Å². The Hall–Kier alpha value is -2.93. The van der Waals surface area contributed by atoms with E-state index in [4.69, 9.17) is 9.47 Å². The van der Waals surface area contributed by atoms with Gasteiger partial charge in [-0.1, -0.05) is 0 Å². The first-order valence-corrected chi connectivity index (χ1v) is 8.50. The highest BCUT2D eigenvalue weighted by atomic mass is 32.1. The van der Waals surface area contributed by atoms with Crippen LogP contribution in [0.2, 0.25) is 0 Å². The van der Waals surface area contributed by atoms with E-state index >= 15 is 0 Å². The summed E-state index contributed by atoms with van der Waals surface area (Å²) >= 11 is 1.59. The quantitative estimate of drug-likeness (QED) is 0.735. The van der Waals surface area contributed by atoms with E-state index < -0.39 is 0 Å². The van der Waals surface area contributed by atoms with Gasteiger partial charge in [-0.15, -0.1) is 0 Å². The predicted molar refractivity (Wildman–Crippen MR) is 96.1 cm³/mol. The van der Waals surface area contributed by atoms with Gasteiger partial charge < -0.3 is 14.8 Å². The molecule has 2 heterocycles. The molecule has 0 bridgehead atoms. The largest absolute Gasteiger partial charge is 0.497 e. The average molecular weight is 355 g/mol. The molecular weight excluding hydrogens is 338 g/mol. The lowest BCUT2D eigenvalue weighted by Crippen LogP contribution is -2.24. The van der Waals surface area contributed by atoms with Gasteiger partial charge in [-0.2, -0.15) is 11.3 Å². The molecule has 0 saturated carbocycles. The molecule has 3 rings (SSSR count). The summed E-state index contributed by atoms with van der Waals surface area (Å²) in [4.78, 5) is 21.2. The number of aromatic nitrogens is 2. The van der Waals surface area contributed by atoms with Gasteiger partial charge in [0.05, 0.1) is 37.7 Å². The Kier molecular flexibility index (Phi) is 5.25. The molecule has 0 fully saturated rings. The second-order valence-corrected chi connectivity index (χ2v) is 5.89. The number of nitrogens with one attached hydrogen (secondary N) is 1. The predicted octanol–water partition coefficient (Wildman–Crippen LogP) is 3.15. The van der Waals surface area contributed by atoms with E-state index in [0.29, 0.717) is 22.8 Å². The number of rotatable bonds is 6. The summed E-state index contributed by atoms with van der Waals surface area (Å²) in [5.74, 6) is 0.831. The Morgan fingerprint density at radius 1 is 1.16 bits per heavy atom. The molecule has 6 nitrogen and oxygen atoms in total. The van der Waals surface area contributed by atoms with Gasteiger partial charge in [0.15, 0.2) is 0 Å². The lowest BCUT2D eigenvalue weighted by molar-refractivity contribution is 0.0947. The third-order valence-electron chi connectivity index (χ3n) is 3.64. The summed E-state index contributed by atoms with van der Waals surface area (Å²) in [6.07, 6.45) is 3.26. The van der Waals surface area contributed by atoms with Crippen LogP contribution in [0.1, 0.15) is 16.1 Å². The van der Waals surface area contributed by atoms with Crippen molar-refractivity contribution in [2.24, 2.45) is 0 Å². The van der Waals surface area contributed by atoms with Gasteiger partial charge in [-0.3, -0.25) is 14.8 Å². The molecule has 0 saturated heterocycles. The van der Waals surface area contributed by atoms with Crippen LogP contribution in [0.25, 0.3) is 11.3 Å². The molecule has 0 aliphatic heterocycles. The Morgan fingerprint density at radius 3 is 2.72 bits per heavy atom. The van der Waals surface area contributed by atoms with E-state index in [1.807, 2.05) is 16.8 Å². The maximum Gasteiger partial charge on any atom is 0.255 e. The smallest absolute Gasteiger partial charge is 0.255 e. The standard InChI is InChI=1S/C18H17N3O3S/c1-23-13-3-4-14(16(9-13)24-2)18(22)21-10-15-17(20-7-6-19-15)12-5-8-25-11-12/h3-9,11H,10H2,1-2H3,(H,21,22). The molecule has 0 unspecified atom stereocenters. The maximum absolute atomic E-state index is 12.5. The Bertz CT molecular complexity index is 866. The van der Waals surface area contributed by atoms with Gasteiger partial charge in [-0.25, -0.2) is 0 Å². The topological polar surface area (TPSA) is 73.3 Å². The highest BCUT2D eigenvalue weighted by Crippen LogP contribution is 2.25. The van der Waals surface area contributed by atoms with E-state index in [1.165, 1.54) is 7.11 Å². The Balaban J connectivity index is 1.78. The van der Waals surface area contributed by atoms with Crippen LogP contribution in [0.15, 0.2) is 47.4 Å². The first kappa shape index (κ1) is 16.9. The SMILES string of the molecule is COc1ccc(C(=O)NCc2nccnc2-c2ccsc2)c(OC)c1. The minimum atomic E-state index is -0.249. The van der Waals surface area contributed by atoms with Gasteiger partial charge in [0.2, 0.25) is 0 Å². The van der Waals surface area contributed by atoms with Gasteiger partial charge in [0.1, 0.15) is 11.5 Å². The third kappa shape index (κ3) is 3.77. The first-order chi connectivity index (χ1) is 12.2. The minimum Gasteiger partial charge on any atom is -0.497 e. The zero-order valence-electron chi connectivity index (χ0n) is 13.9. The number of carbonyl (C=O) groups is 1. The number of hydrogen-bond donors (Lipinski definition) is 1. The van der Waals surface area contributed by atoms with Crippen LogP contribution in [-0.4, -0.2) is 30.1 Å². The number of thiophene rings is 1. The molecule has 0 atom stereocenters. The second kappa shape index (κ2) is 7.76. The van der Waals surface area contributed by atoms with Crippen LogP contribution in [-0.2, 0) is 6.54 Å². The lowest BCUT2D eigenvalue weighted by atomic mass is 10.1. The Labute approximate surface area is 149 Å². The van der Waals surface area contributed by atoms with E-state index in [2.05, 4.69) is 15.3 Å². The molecular formula is C18H17N3O3S. The highest BCUT2D eigenvalue weighted by Gasteiger charge is 2.15. The number of ether oxygens (including phenoxy) is 2. The Morgan fingerprint density at radius 2 is 2.00 bits per heavy atom. The van der Waals surface area contributed by atoms with Gasteiger partial charge >= 0.3 is 0 Å². The second-order valence-electron chi connectivity index (χ2n) is 5.11. The van der Waals surface area contributed by atoms with Crippen LogP contribution in [0.4, 0.5) is 0 Å². The molecule has 128 valence electrons. The zero-order chi connectivity index (χ0) is 17.6. The molecule has 0 aliphatic rings. The molecule has 7 heteroatoms. The number of amides is 1. The van der Waals surface area contributed by atoms with Crippen molar-refractivity contribution in [2.45, 2.75) is 6.54 Å². The monoisotopic (exact) mass is 355 g/mol. The molecule has 1 amide bonds.